The molecule has 5 rings (SSSR count). The topological polar surface area (TPSA) is 62.2 Å². The number of nitrogens with one attached hydrogen (secondary N) is 2. The first-order valence-electron chi connectivity index (χ1n) is 12.3. The zero-order chi connectivity index (χ0) is 27.0. The predicted octanol–water partition coefficient (Wildman–Crippen LogP) is 7.26. The van der Waals surface area contributed by atoms with E-state index in [0.717, 1.165) is 34.0 Å². The number of amides is 1. The van der Waals surface area contributed by atoms with Crippen molar-refractivity contribution in [3.05, 3.63) is 106 Å². The first-order valence-corrected chi connectivity index (χ1v) is 13.5. The van der Waals surface area contributed by atoms with E-state index in [1.54, 1.807) is 12.3 Å². The number of pyridine rings is 1. The highest BCUT2D eigenvalue weighted by Gasteiger charge is 2.42. The highest BCUT2D eigenvalue weighted by atomic mass is 35.5. The average molecular weight is 565 g/mol. The fourth-order valence-electron chi connectivity index (χ4n) is 4.68. The van der Waals surface area contributed by atoms with Crippen molar-refractivity contribution in [1.29, 1.82) is 0 Å². The second-order valence-corrected chi connectivity index (χ2v) is 10.8. The molecule has 2 atom stereocenters. The van der Waals surface area contributed by atoms with Crippen molar-refractivity contribution in [1.82, 2.24) is 14.9 Å². The van der Waals surface area contributed by atoms with Crippen molar-refractivity contribution in [2.75, 3.05) is 10.2 Å². The van der Waals surface area contributed by atoms with E-state index in [4.69, 9.17) is 35.4 Å². The Balaban J connectivity index is 1.61. The highest BCUT2D eigenvalue weighted by molar-refractivity contribution is 7.80. The maximum absolute atomic E-state index is 12.3. The third-order valence-electron chi connectivity index (χ3n) is 6.62. The molecule has 1 saturated heterocycles. The van der Waals surface area contributed by atoms with Crippen LogP contribution in [0.15, 0.2) is 79.1 Å². The number of nitrogens with zero attached hydrogens (tertiary/aromatic N) is 3. The summed E-state index contributed by atoms with van der Waals surface area (Å²) in [5.74, 6) is -0.134. The molecule has 2 unspecified atom stereocenters. The second-order valence-electron chi connectivity index (χ2n) is 9.54. The summed E-state index contributed by atoms with van der Waals surface area (Å²) in [6.45, 7) is 5.73. The van der Waals surface area contributed by atoms with E-state index in [-0.39, 0.29) is 23.9 Å². The van der Waals surface area contributed by atoms with Gasteiger partial charge in [0, 0.05) is 40.4 Å². The number of carbonyl (C=O) groups is 1. The van der Waals surface area contributed by atoms with Crippen LogP contribution in [-0.4, -0.2) is 20.6 Å². The summed E-state index contributed by atoms with van der Waals surface area (Å²) in [7, 11) is 0. The van der Waals surface area contributed by atoms with Gasteiger partial charge in [0.15, 0.2) is 5.11 Å². The van der Waals surface area contributed by atoms with E-state index in [1.165, 1.54) is 0 Å². The lowest BCUT2D eigenvalue weighted by molar-refractivity contribution is -0.118. The van der Waals surface area contributed by atoms with Crippen LogP contribution in [-0.2, 0) is 4.79 Å². The Morgan fingerprint density at radius 3 is 2.58 bits per heavy atom. The Morgan fingerprint density at radius 2 is 1.89 bits per heavy atom. The van der Waals surface area contributed by atoms with Gasteiger partial charge in [-0.15, -0.1) is 0 Å². The van der Waals surface area contributed by atoms with E-state index in [1.807, 2.05) is 81.6 Å². The summed E-state index contributed by atoms with van der Waals surface area (Å²) < 4.78 is 2.06. The third kappa shape index (κ3) is 5.01. The van der Waals surface area contributed by atoms with E-state index in [9.17, 15) is 4.79 Å². The van der Waals surface area contributed by atoms with Gasteiger partial charge in [-0.25, -0.2) is 0 Å². The molecule has 1 amide bonds. The van der Waals surface area contributed by atoms with Crippen molar-refractivity contribution < 1.29 is 4.79 Å². The van der Waals surface area contributed by atoms with Crippen LogP contribution < -0.4 is 15.5 Å². The van der Waals surface area contributed by atoms with Gasteiger partial charge in [-0.1, -0.05) is 43.1 Å². The van der Waals surface area contributed by atoms with Crippen LogP contribution >= 0.6 is 35.4 Å². The number of benzene rings is 2. The second kappa shape index (κ2) is 10.8. The summed E-state index contributed by atoms with van der Waals surface area (Å²) in [4.78, 5) is 19.1. The van der Waals surface area contributed by atoms with Crippen LogP contribution in [0.2, 0.25) is 10.0 Å². The van der Waals surface area contributed by atoms with E-state index in [0.29, 0.717) is 15.2 Å². The molecule has 0 radical (unpaired) electrons. The SMILES string of the molecule is Cc1cc(N2C(=S)NC(c3ccccn3)C2c2cccn2-c2ccc(Cl)cc2Cl)ccc1NC(=O)C(C)C. The Hall–Kier alpha value is -3.39. The molecular formula is C29H27Cl2N5OS. The molecule has 2 N–H and O–H groups in total. The molecule has 1 aliphatic heterocycles. The summed E-state index contributed by atoms with van der Waals surface area (Å²) in [6.07, 6.45) is 3.76. The van der Waals surface area contributed by atoms with Crippen LogP contribution in [0.3, 0.4) is 0 Å². The molecule has 1 fully saturated rings. The van der Waals surface area contributed by atoms with Crippen molar-refractivity contribution >= 4 is 57.8 Å². The molecule has 9 heteroatoms. The standard InChI is InChI=1S/C29H27Cl2N5OS/c1-17(2)28(37)33-22-11-10-20(15-18(22)3)36-27(26(34-29(36)38)23-7-4-5-13-32-23)25-8-6-14-35(25)24-12-9-19(30)16-21(24)31/h4-17,26-27H,1-3H3,(H,33,37)(H,34,38). The number of rotatable bonds is 6. The van der Waals surface area contributed by atoms with Crippen LogP contribution in [0.25, 0.3) is 5.69 Å². The van der Waals surface area contributed by atoms with Gasteiger partial charge in [-0.2, -0.15) is 0 Å². The number of hydrogen-bond acceptors (Lipinski definition) is 3. The largest absolute Gasteiger partial charge is 0.351 e. The first kappa shape index (κ1) is 26.2. The molecule has 0 spiro atoms. The number of anilines is 2. The molecular weight excluding hydrogens is 537 g/mol. The first-order chi connectivity index (χ1) is 18.2. The van der Waals surface area contributed by atoms with Gasteiger partial charge in [-0.3, -0.25) is 9.78 Å². The van der Waals surface area contributed by atoms with Crippen LogP contribution in [0.1, 0.15) is 42.9 Å². The van der Waals surface area contributed by atoms with E-state index in [2.05, 4.69) is 31.2 Å². The molecule has 4 aromatic rings. The monoisotopic (exact) mass is 563 g/mol. The molecule has 3 heterocycles. The number of halogens is 2. The Bertz CT molecular complexity index is 1500. The fourth-order valence-corrected chi connectivity index (χ4v) is 5.53. The number of carbonyl (C=O) groups excluding carboxylic acids is 1. The minimum absolute atomic E-state index is 0.0232. The zero-order valence-electron chi connectivity index (χ0n) is 21.2. The van der Waals surface area contributed by atoms with Crippen molar-refractivity contribution in [3.8, 4) is 5.69 Å². The molecule has 1 aliphatic rings. The maximum Gasteiger partial charge on any atom is 0.226 e. The fraction of sp³-hybridized carbons (Fsp3) is 0.207. The molecule has 6 nitrogen and oxygen atoms in total. The van der Waals surface area contributed by atoms with Crippen LogP contribution in [0, 0.1) is 12.8 Å². The number of hydrogen-bond donors (Lipinski definition) is 2. The number of aryl methyl sites for hydroxylation is 1. The molecule has 0 saturated carbocycles. The average Bonchev–Trinajstić information content (AvgIpc) is 3.50. The van der Waals surface area contributed by atoms with Gasteiger partial charge in [-0.05, 0) is 85.4 Å². The van der Waals surface area contributed by atoms with Gasteiger partial charge in [0.05, 0.1) is 22.4 Å². The van der Waals surface area contributed by atoms with Crippen LogP contribution in [0.5, 0.6) is 0 Å². The molecule has 38 heavy (non-hydrogen) atoms. The Labute approximate surface area is 237 Å². The normalized spacial score (nSPS) is 17.1. The van der Waals surface area contributed by atoms with E-state index < -0.39 is 0 Å². The maximum atomic E-state index is 12.3. The van der Waals surface area contributed by atoms with Gasteiger partial charge in [0.2, 0.25) is 5.91 Å². The Kier molecular flexibility index (Phi) is 7.43. The minimum Gasteiger partial charge on any atom is -0.351 e. The van der Waals surface area contributed by atoms with Gasteiger partial charge in [0.1, 0.15) is 6.04 Å². The van der Waals surface area contributed by atoms with Crippen molar-refractivity contribution in [3.63, 3.8) is 0 Å². The summed E-state index contributed by atoms with van der Waals surface area (Å²) in [5.41, 5.74) is 5.29. The third-order valence-corrected chi connectivity index (χ3v) is 7.47. The quantitative estimate of drug-likeness (QED) is 0.242. The summed E-state index contributed by atoms with van der Waals surface area (Å²) in [5, 5.41) is 8.21. The lowest BCUT2D eigenvalue weighted by atomic mass is 10.00. The smallest absolute Gasteiger partial charge is 0.226 e. The summed E-state index contributed by atoms with van der Waals surface area (Å²) >= 11 is 18.7. The van der Waals surface area contributed by atoms with Gasteiger partial charge < -0.3 is 20.1 Å². The van der Waals surface area contributed by atoms with Crippen molar-refractivity contribution in [2.24, 2.45) is 5.92 Å². The lowest BCUT2D eigenvalue weighted by Crippen LogP contribution is -2.30. The van der Waals surface area contributed by atoms with Crippen molar-refractivity contribution in [2.45, 2.75) is 32.9 Å². The minimum atomic E-state index is -0.241. The highest BCUT2D eigenvalue weighted by Crippen LogP contribution is 2.43. The molecule has 0 bridgehead atoms. The molecule has 194 valence electrons. The Morgan fingerprint density at radius 1 is 1.08 bits per heavy atom. The molecule has 2 aromatic carbocycles. The predicted molar refractivity (Wildman–Crippen MR) is 158 cm³/mol. The van der Waals surface area contributed by atoms with Gasteiger partial charge in [0.25, 0.3) is 0 Å². The zero-order valence-corrected chi connectivity index (χ0v) is 23.5. The van der Waals surface area contributed by atoms with E-state index >= 15 is 0 Å². The van der Waals surface area contributed by atoms with Gasteiger partial charge >= 0.3 is 0 Å². The number of aromatic nitrogens is 2. The lowest BCUT2D eigenvalue weighted by Gasteiger charge is -2.29. The summed E-state index contributed by atoms with van der Waals surface area (Å²) in [6, 6.07) is 20.9. The molecule has 2 aromatic heterocycles. The van der Waals surface area contributed by atoms with Crippen LogP contribution in [0.4, 0.5) is 11.4 Å². The number of thiocarbonyl (C=S) groups is 1. The molecule has 0 aliphatic carbocycles.